The lowest BCUT2D eigenvalue weighted by Gasteiger charge is -2.30. The Labute approximate surface area is 203 Å². The number of nitrogens with one attached hydrogen (secondary N) is 1. The molecule has 35 heavy (non-hydrogen) atoms. The van der Waals surface area contributed by atoms with Crippen molar-refractivity contribution in [2.75, 3.05) is 12.3 Å². The summed E-state index contributed by atoms with van der Waals surface area (Å²) in [5.41, 5.74) is 9.20. The molecule has 0 amide bonds. The molecule has 5 rings (SSSR count). The van der Waals surface area contributed by atoms with Crippen LogP contribution in [0.5, 0.6) is 11.5 Å². The number of nitrogens with two attached hydrogens (primary N) is 1. The number of hydrogen-bond acceptors (Lipinski definition) is 6. The summed E-state index contributed by atoms with van der Waals surface area (Å²) in [7, 11) is 0. The van der Waals surface area contributed by atoms with Gasteiger partial charge in [-0.2, -0.15) is 0 Å². The number of rotatable bonds is 8. The Morgan fingerprint density at radius 1 is 1.03 bits per heavy atom. The van der Waals surface area contributed by atoms with Crippen LogP contribution in [0.2, 0.25) is 0 Å². The third-order valence-corrected chi connectivity index (χ3v) is 6.64. The fraction of sp³-hybridized carbons (Fsp3) is 0.296. The van der Waals surface area contributed by atoms with Crippen LogP contribution in [0.4, 0.5) is 5.82 Å². The molecule has 1 aliphatic carbocycles. The summed E-state index contributed by atoms with van der Waals surface area (Å²) in [6, 6.07) is 18.3. The maximum Gasteiger partial charge on any atom is 0.304 e. The molecule has 4 aromatic rings. The van der Waals surface area contributed by atoms with Gasteiger partial charge < -0.3 is 25.5 Å². The van der Waals surface area contributed by atoms with E-state index in [1.54, 1.807) is 0 Å². The van der Waals surface area contributed by atoms with Crippen molar-refractivity contribution in [1.82, 2.24) is 19.9 Å². The lowest BCUT2D eigenvalue weighted by Crippen LogP contribution is -2.35. The van der Waals surface area contributed by atoms with E-state index in [1.165, 1.54) is 6.33 Å². The fourth-order valence-electron chi connectivity index (χ4n) is 4.87. The van der Waals surface area contributed by atoms with Crippen LogP contribution in [0.15, 0.2) is 67.1 Å². The molecule has 2 heterocycles. The second-order valence-corrected chi connectivity index (χ2v) is 8.95. The first-order valence-corrected chi connectivity index (χ1v) is 12.0. The number of carboxylic acids is 1. The van der Waals surface area contributed by atoms with Crippen LogP contribution in [-0.2, 0) is 4.79 Å². The van der Waals surface area contributed by atoms with Gasteiger partial charge in [-0.25, -0.2) is 9.97 Å². The first-order valence-electron chi connectivity index (χ1n) is 12.0. The number of fused-ring (bicyclic) bond motifs is 1. The van der Waals surface area contributed by atoms with Crippen LogP contribution < -0.4 is 15.8 Å². The van der Waals surface area contributed by atoms with Crippen LogP contribution in [-0.4, -0.2) is 38.2 Å². The minimum Gasteiger partial charge on any atom is -0.481 e. The van der Waals surface area contributed by atoms with Gasteiger partial charge >= 0.3 is 5.97 Å². The van der Waals surface area contributed by atoms with Gasteiger partial charge in [-0.3, -0.25) is 4.79 Å². The molecule has 1 fully saturated rings. The molecule has 0 aliphatic heterocycles. The summed E-state index contributed by atoms with van der Waals surface area (Å²) >= 11 is 0. The highest BCUT2D eigenvalue weighted by molar-refractivity contribution is 6.00. The number of nitrogens with zero attached hydrogens (tertiary/aromatic N) is 3. The molecule has 0 radical (unpaired) electrons. The number of carbonyl (C=O) groups is 1. The molecule has 8 nitrogen and oxygen atoms in total. The van der Waals surface area contributed by atoms with Gasteiger partial charge in [0.1, 0.15) is 29.3 Å². The van der Waals surface area contributed by atoms with Crippen molar-refractivity contribution in [3.05, 3.63) is 67.1 Å². The maximum atomic E-state index is 10.8. The molecule has 0 saturated heterocycles. The zero-order valence-corrected chi connectivity index (χ0v) is 19.4. The first-order chi connectivity index (χ1) is 17.1. The maximum absolute atomic E-state index is 10.8. The smallest absolute Gasteiger partial charge is 0.304 e. The summed E-state index contributed by atoms with van der Waals surface area (Å²) in [5, 5.41) is 13.1. The van der Waals surface area contributed by atoms with Crippen molar-refractivity contribution in [1.29, 1.82) is 0 Å². The number of aromatic nitrogens is 3. The molecule has 2 aromatic heterocycles. The molecule has 8 heteroatoms. The third-order valence-electron chi connectivity index (χ3n) is 6.64. The van der Waals surface area contributed by atoms with Gasteiger partial charge in [-0.15, -0.1) is 0 Å². The van der Waals surface area contributed by atoms with E-state index < -0.39 is 5.97 Å². The number of ether oxygens (including phenoxy) is 1. The number of hydrogen-bond donors (Lipinski definition) is 3. The molecule has 4 N–H and O–H groups in total. The van der Waals surface area contributed by atoms with E-state index in [-0.39, 0.29) is 6.42 Å². The number of para-hydroxylation sites is 1. The molecular weight excluding hydrogens is 442 g/mol. The summed E-state index contributed by atoms with van der Waals surface area (Å²) in [6.07, 6.45) is 7.77. The Morgan fingerprint density at radius 2 is 1.74 bits per heavy atom. The van der Waals surface area contributed by atoms with E-state index in [9.17, 15) is 4.79 Å². The van der Waals surface area contributed by atoms with Gasteiger partial charge in [0, 0.05) is 30.4 Å². The first kappa shape index (κ1) is 22.9. The molecule has 180 valence electrons. The lowest BCUT2D eigenvalue weighted by molar-refractivity contribution is -0.136. The lowest BCUT2D eigenvalue weighted by atomic mass is 9.91. The van der Waals surface area contributed by atoms with E-state index in [1.807, 2.05) is 54.6 Å². The van der Waals surface area contributed by atoms with Crippen molar-refractivity contribution in [2.24, 2.45) is 0 Å². The van der Waals surface area contributed by atoms with E-state index in [0.717, 1.165) is 59.3 Å². The van der Waals surface area contributed by atoms with Crippen molar-refractivity contribution < 1.29 is 14.6 Å². The van der Waals surface area contributed by atoms with E-state index in [4.69, 9.17) is 15.6 Å². The van der Waals surface area contributed by atoms with E-state index in [2.05, 4.69) is 26.0 Å². The molecule has 0 unspecified atom stereocenters. The van der Waals surface area contributed by atoms with Crippen LogP contribution >= 0.6 is 0 Å². The highest BCUT2D eigenvalue weighted by Crippen LogP contribution is 2.38. The normalized spacial score (nSPS) is 17.9. The molecule has 2 aromatic carbocycles. The zero-order chi connectivity index (χ0) is 24.2. The second kappa shape index (κ2) is 10.1. The minimum absolute atomic E-state index is 0.150. The standard InChI is InChI=1S/C27H29N5O3/c28-26-25-23(18-6-12-22(13-7-18)35-21-4-2-1-3-5-21)16-32(27(25)31-17-30-26)20-10-8-19(9-11-20)29-15-14-24(33)34/h1-7,12-13,16-17,19-20,29H,8-11,14-15H2,(H,33,34)(H2,28,30,31). The second-order valence-electron chi connectivity index (χ2n) is 8.95. The highest BCUT2D eigenvalue weighted by atomic mass is 16.5. The number of aliphatic carboxylic acids is 1. The van der Waals surface area contributed by atoms with Crippen LogP contribution in [0.1, 0.15) is 38.1 Å². The quantitative estimate of drug-likeness (QED) is 0.330. The van der Waals surface area contributed by atoms with Crippen molar-refractivity contribution >= 4 is 22.8 Å². The van der Waals surface area contributed by atoms with Gasteiger partial charge in [0.15, 0.2) is 0 Å². The predicted octanol–water partition coefficient (Wildman–Crippen LogP) is 5.02. The summed E-state index contributed by atoms with van der Waals surface area (Å²) < 4.78 is 8.18. The van der Waals surface area contributed by atoms with Crippen LogP contribution in [0, 0.1) is 0 Å². The Bertz CT molecular complexity index is 1300. The van der Waals surface area contributed by atoms with Gasteiger partial charge in [-0.1, -0.05) is 30.3 Å². The average molecular weight is 472 g/mol. The van der Waals surface area contributed by atoms with Crippen LogP contribution in [0.3, 0.4) is 0 Å². The molecule has 0 atom stereocenters. The Morgan fingerprint density at radius 3 is 2.46 bits per heavy atom. The Balaban J connectivity index is 1.36. The van der Waals surface area contributed by atoms with Crippen molar-refractivity contribution in [3.63, 3.8) is 0 Å². The van der Waals surface area contributed by atoms with Gasteiger partial charge in [-0.05, 0) is 55.5 Å². The number of benzene rings is 2. The minimum atomic E-state index is -0.769. The molecule has 1 aliphatic rings. The topological polar surface area (TPSA) is 115 Å². The fourth-order valence-corrected chi connectivity index (χ4v) is 4.87. The van der Waals surface area contributed by atoms with Gasteiger partial charge in [0.2, 0.25) is 0 Å². The Hall–Kier alpha value is -3.91. The highest BCUT2D eigenvalue weighted by Gasteiger charge is 2.25. The van der Waals surface area contributed by atoms with Gasteiger partial charge in [0.25, 0.3) is 0 Å². The third kappa shape index (κ3) is 5.12. The van der Waals surface area contributed by atoms with E-state index in [0.29, 0.717) is 24.4 Å². The predicted molar refractivity (Wildman–Crippen MR) is 135 cm³/mol. The molecular formula is C27H29N5O3. The zero-order valence-electron chi connectivity index (χ0n) is 19.4. The largest absolute Gasteiger partial charge is 0.481 e. The van der Waals surface area contributed by atoms with Crippen molar-refractivity contribution in [3.8, 4) is 22.6 Å². The van der Waals surface area contributed by atoms with Crippen molar-refractivity contribution in [2.45, 2.75) is 44.2 Å². The van der Waals surface area contributed by atoms with Gasteiger partial charge in [0.05, 0.1) is 11.8 Å². The molecule has 0 spiro atoms. The summed E-state index contributed by atoms with van der Waals surface area (Å²) in [6.45, 7) is 0.509. The number of carboxylic acid groups (broad SMARTS) is 1. The number of nitrogen functional groups attached to an aromatic ring is 1. The van der Waals surface area contributed by atoms with Crippen LogP contribution in [0.25, 0.3) is 22.2 Å². The summed E-state index contributed by atoms with van der Waals surface area (Å²) in [5.74, 6) is 1.26. The average Bonchev–Trinajstić information content (AvgIpc) is 3.26. The SMILES string of the molecule is Nc1ncnc2c1c(-c1ccc(Oc3ccccc3)cc1)cn2C1CCC(NCCC(=O)O)CC1. The number of anilines is 1. The monoisotopic (exact) mass is 471 g/mol. The molecule has 0 bridgehead atoms. The Kier molecular flexibility index (Phi) is 6.63. The molecule has 1 saturated carbocycles. The summed E-state index contributed by atoms with van der Waals surface area (Å²) in [4.78, 5) is 19.6. The van der Waals surface area contributed by atoms with E-state index >= 15 is 0 Å².